The number of nitrogens with two attached hydrogens (primary N) is 1. The minimum Gasteiger partial charge on any atom is -0.380 e. The van der Waals surface area contributed by atoms with Gasteiger partial charge in [-0.2, -0.15) is 13.2 Å². The lowest BCUT2D eigenvalue weighted by atomic mass is 10.1. The van der Waals surface area contributed by atoms with Crippen LogP contribution in [0.15, 0.2) is 54.7 Å². The van der Waals surface area contributed by atoms with Crippen LogP contribution in [-0.2, 0) is 22.6 Å². The summed E-state index contributed by atoms with van der Waals surface area (Å²) in [5.74, 6) is -3.95. The van der Waals surface area contributed by atoms with Crippen LogP contribution in [0.1, 0.15) is 11.1 Å². The summed E-state index contributed by atoms with van der Waals surface area (Å²) in [5, 5.41) is 6.12. The molecule has 2 aromatic carbocycles. The van der Waals surface area contributed by atoms with Gasteiger partial charge in [0.05, 0.1) is 6.42 Å². The number of carbonyl (C=O) groups is 2. The first-order valence-corrected chi connectivity index (χ1v) is 11.9. The number of primary amides is 1. The Morgan fingerprint density at radius 2 is 1.67 bits per heavy atom. The molecule has 0 saturated carbocycles. The molecule has 0 bridgehead atoms. The number of benzene rings is 2. The van der Waals surface area contributed by atoms with E-state index in [0.717, 1.165) is 16.7 Å². The van der Waals surface area contributed by atoms with Gasteiger partial charge < -0.3 is 26.2 Å². The highest BCUT2D eigenvalue weighted by atomic mass is 19.4. The SMILES string of the molecule is NC(=O)Cc1cnc(Nc2ccc(N3CCN(C(=O)C(F)(F)F)CC3)cc2)cc1NCc1cccc(F)c1F. The second kappa shape index (κ2) is 11.5. The van der Waals surface area contributed by atoms with Crippen LogP contribution in [-0.4, -0.2) is 54.1 Å². The zero-order valence-electron chi connectivity index (χ0n) is 20.6. The van der Waals surface area contributed by atoms with Crippen LogP contribution < -0.4 is 21.3 Å². The largest absolute Gasteiger partial charge is 0.471 e. The van der Waals surface area contributed by atoms with E-state index >= 15 is 0 Å². The molecule has 4 rings (SSSR count). The number of halogens is 5. The molecule has 1 aliphatic rings. The first-order chi connectivity index (χ1) is 18.5. The lowest BCUT2D eigenvalue weighted by Gasteiger charge is -2.36. The van der Waals surface area contributed by atoms with Crippen molar-refractivity contribution >= 4 is 34.7 Å². The lowest BCUT2D eigenvalue weighted by Crippen LogP contribution is -2.52. The number of nitrogens with one attached hydrogen (secondary N) is 2. The topological polar surface area (TPSA) is 104 Å². The second-order valence-electron chi connectivity index (χ2n) is 8.89. The first kappa shape index (κ1) is 27.6. The maximum Gasteiger partial charge on any atom is 0.471 e. The summed E-state index contributed by atoms with van der Waals surface area (Å²) in [4.78, 5) is 29.9. The summed E-state index contributed by atoms with van der Waals surface area (Å²) < 4.78 is 65.6. The molecule has 0 atom stereocenters. The van der Waals surface area contributed by atoms with Gasteiger partial charge in [0.25, 0.3) is 0 Å². The molecule has 0 unspecified atom stereocenters. The first-order valence-electron chi connectivity index (χ1n) is 11.9. The standard InChI is InChI=1S/C26H25F5N6O2/c27-20-3-1-2-16(24(20)28)14-33-21-13-23(34-15-17(21)12-22(32)38)35-18-4-6-19(7-5-18)36-8-10-37(11-9-36)25(39)26(29,30)31/h1-7,13,15H,8-12,14H2,(H2,32,38)(H2,33,34,35). The molecule has 4 N–H and O–H groups in total. The molecular formula is C26H25F5N6O2. The van der Waals surface area contributed by atoms with Crippen molar-refractivity contribution in [2.24, 2.45) is 5.73 Å². The van der Waals surface area contributed by atoms with Crippen molar-refractivity contribution in [2.75, 3.05) is 41.7 Å². The van der Waals surface area contributed by atoms with Crippen LogP contribution in [0.3, 0.4) is 0 Å². The maximum absolute atomic E-state index is 14.1. The highest BCUT2D eigenvalue weighted by Gasteiger charge is 2.43. The monoisotopic (exact) mass is 548 g/mol. The summed E-state index contributed by atoms with van der Waals surface area (Å²) in [6, 6.07) is 12.6. The molecule has 2 amide bonds. The number of amides is 2. The fourth-order valence-corrected chi connectivity index (χ4v) is 4.17. The van der Waals surface area contributed by atoms with Crippen molar-refractivity contribution < 1.29 is 31.5 Å². The number of hydrogen-bond acceptors (Lipinski definition) is 6. The number of nitrogens with zero attached hydrogens (tertiary/aromatic N) is 3. The van der Waals surface area contributed by atoms with Gasteiger partial charge >= 0.3 is 12.1 Å². The molecule has 1 fully saturated rings. The average Bonchev–Trinajstić information content (AvgIpc) is 2.90. The lowest BCUT2D eigenvalue weighted by molar-refractivity contribution is -0.185. The van der Waals surface area contributed by atoms with Crippen LogP contribution in [0.4, 0.5) is 44.8 Å². The third kappa shape index (κ3) is 6.92. The van der Waals surface area contributed by atoms with Gasteiger partial charge in [0.1, 0.15) is 5.82 Å². The van der Waals surface area contributed by atoms with Crippen LogP contribution in [0.25, 0.3) is 0 Å². The van der Waals surface area contributed by atoms with Crippen molar-refractivity contribution in [1.82, 2.24) is 9.88 Å². The molecule has 2 heterocycles. The Labute approximate surface area is 220 Å². The van der Waals surface area contributed by atoms with Crippen molar-refractivity contribution in [3.05, 3.63) is 77.5 Å². The summed E-state index contributed by atoms with van der Waals surface area (Å²) in [6.45, 7) is 0.413. The number of rotatable bonds is 8. The van der Waals surface area contributed by atoms with Crippen LogP contribution in [0, 0.1) is 11.6 Å². The third-order valence-electron chi connectivity index (χ3n) is 6.17. The molecule has 13 heteroatoms. The zero-order valence-corrected chi connectivity index (χ0v) is 20.6. The quantitative estimate of drug-likeness (QED) is 0.369. The smallest absolute Gasteiger partial charge is 0.380 e. The van der Waals surface area contributed by atoms with Gasteiger partial charge in [0, 0.05) is 73.2 Å². The summed E-state index contributed by atoms with van der Waals surface area (Å²) in [5.41, 5.74) is 7.80. The number of hydrogen-bond donors (Lipinski definition) is 3. The van der Waals surface area contributed by atoms with E-state index in [9.17, 15) is 31.5 Å². The number of anilines is 4. The number of aromatic nitrogens is 1. The van der Waals surface area contributed by atoms with Crippen LogP contribution in [0.2, 0.25) is 0 Å². The Morgan fingerprint density at radius 1 is 0.974 bits per heavy atom. The van der Waals surface area contributed by atoms with E-state index in [1.807, 2.05) is 4.90 Å². The highest BCUT2D eigenvalue weighted by Crippen LogP contribution is 2.26. The maximum atomic E-state index is 14.1. The van der Waals surface area contributed by atoms with E-state index in [2.05, 4.69) is 15.6 Å². The van der Waals surface area contributed by atoms with Gasteiger partial charge in [-0.25, -0.2) is 13.8 Å². The normalized spacial score (nSPS) is 13.8. The van der Waals surface area contributed by atoms with Gasteiger partial charge in [-0.15, -0.1) is 0 Å². The third-order valence-corrected chi connectivity index (χ3v) is 6.17. The Morgan fingerprint density at radius 3 is 2.31 bits per heavy atom. The molecule has 1 aromatic heterocycles. The summed E-state index contributed by atoms with van der Waals surface area (Å²) in [6.07, 6.45) is -3.54. The van der Waals surface area contributed by atoms with E-state index in [0.29, 0.717) is 22.8 Å². The Hall–Kier alpha value is -4.42. The summed E-state index contributed by atoms with van der Waals surface area (Å²) in [7, 11) is 0. The second-order valence-corrected chi connectivity index (χ2v) is 8.89. The van der Waals surface area contributed by atoms with Crippen molar-refractivity contribution in [3.63, 3.8) is 0 Å². The molecule has 1 saturated heterocycles. The number of piperazine rings is 1. The molecule has 0 aliphatic carbocycles. The fourth-order valence-electron chi connectivity index (χ4n) is 4.17. The number of alkyl halides is 3. The van der Waals surface area contributed by atoms with E-state index in [-0.39, 0.29) is 44.7 Å². The van der Waals surface area contributed by atoms with Gasteiger partial charge in [-0.1, -0.05) is 12.1 Å². The highest BCUT2D eigenvalue weighted by molar-refractivity contribution is 5.82. The van der Waals surface area contributed by atoms with Crippen LogP contribution in [0.5, 0.6) is 0 Å². The van der Waals surface area contributed by atoms with Crippen molar-refractivity contribution in [1.29, 1.82) is 0 Å². The Bertz CT molecular complexity index is 1340. The van der Waals surface area contributed by atoms with Crippen molar-refractivity contribution in [2.45, 2.75) is 19.1 Å². The van der Waals surface area contributed by atoms with Crippen LogP contribution >= 0.6 is 0 Å². The predicted octanol–water partition coefficient (Wildman–Crippen LogP) is 3.95. The molecule has 1 aliphatic heterocycles. The molecule has 3 aromatic rings. The fraction of sp³-hybridized carbons (Fsp3) is 0.269. The van der Waals surface area contributed by atoms with Gasteiger partial charge in [-0.3, -0.25) is 9.59 Å². The number of carbonyl (C=O) groups excluding carboxylic acids is 2. The van der Waals surface area contributed by atoms with E-state index in [1.165, 1.54) is 18.3 Å². The van der Waals surface area contributed by atoms with E-state index in [1.54, 1.807) is 30.3 Å². The average molecular weight is 549 g/mol. The minimum atomic E-state index is -4.88. The Balaban J connectivity index is 1.42. The van der Waals surface area contributed by atoms with E-state index < -0.39 is 29.6 Å². The zero-order chi connectivity index (χ0) is 28.2. The molecule has 206 valence electrons. The van der Waals surface area contributed by atoms with Gasteiger partial charge in [0.2, 0.25) is 5.91 Å². The minimum absolute atomic E-state index is 0.0325. The molecule has 0 spiro atoms. The molecule has 39 heavy (non-hydrogen) atoms. The summed E-state index contributed by atoms with van der Waals surface area (Å²) >= 11 is 0. The molecule has 0 radical (unpaired) electrons. The molecular weight excluding hydrogens is 523 g/mol. The predicted molar refractivity (Wildman–Crippen MR) is 135 cm³/mol. The van der Waals surface area contributed by atoms with Gasteiger partial charge in [0.15, 0.2) is 11.6 Å². The molecule has 8 nitrogen and oxygen atoms in total. The van der Waals surface area contributed by atoms with E-state index in [4.69, 9.17) is 5.73 Å². The van der Waals surface area contributed by atoms with Gasteiger partial charge in [-0.05, 0) is 30.3 Å². The number of pyridine rings is 1. The Kier molecular flexibility index (Phi) is 8.17. The van der Waals surface area contributed by atoms with Crippen molar-refractivity contribution in [3.8, 4) is 0 Å².